The maximum Gasteiger partial charge on any atom is 0.258 e. The predicted octanol–water partition coefficient (Wildman–Crippen LogP) is 2.01. The fourth-order valence-corrected chi connectivity index (χ4v) is 2.68. The number of nitrogens with one attached hydrogen (secondary N) is 1. The van der Waals surface area contributed by atoms with Gasteiger partial charge in [0.25, 0.3) is 11.8 Å². The summed E-state index contributed by atoms with van der Waals surface area (Å²) in [6.45, 7) is 2.02. The molecule has 0 bridgehead atoms. The fraction of sp³-hybridized carbons (Fsp3) is 0.389. The Bertz CT molecular complexity index is 625. The van der Waals surface area contributed by atoms with Crippen LogP contribution in [0.1, 0.15) is 18.4 Å². The van der Waals surface area contributed by atoms with Crippen LogP contribution < -0.4 is 10.2 Å². The van der Waals surface area contributed by atoms with Gasteiger partial charge in [-0.25, -0.2) is 4.90 Å². The Kier molecular flexibility index (Phi) is 8.07. The zero-order valence-corrected chi connectivity index (χ0v) is 16.0. The molecular formula is C18H21IN2O4. The summed E-state index contributed by atoms with van der Waals surface area (Å²) in [7, 11) is 0. The Hall–Kier alpha value is -1.74. The Morgan fingerprint density at radius 2 is 1.76 bits per heavy atom. The summed E-state index contributed by atoms with van der Waals surface area (Å²) in [4.78, 5) is 36.2. The van der Waals surface area contributed by atoms with Gasteiger partial charge in [0.1, 0.15) is 0 Å². The van der Waals surface area contributed by atoms with Crippen molar-refractivity contribution in [2.45, 2.75) is 19.3 Å². The monoisotopic (exact) mass is 456 g/mol. The zero-order valence-electron chi connectivity index (χ0n) is 13.9. The van der Waals surface area contributed by atoms with E-state index in [0.29, 0.717) is 31.7 Å². The summed E-state index contributed by atoms with van der Waals surface area (Å²) in [5, 5.41) is 2.87. The maximum atomic E-state index is 11.8. The molecule has 0 aliphatic carbocycles. The van der Waals surface area contributed by atoms with E-state index in [2.05, 4.69) is 27.9 Å². The summed E-state index contributed by atoms with van der Waals surface area (Å²) in [5.41, 5.74) is 1.52. The molecule has 0 spiro atoms. The van der Waals surface area contributed by atoms with E-state index in [1.54, 1.807) is 12.1 Å². The Labute approximate surface area is 160 Å². The summed E-state index contributed by atoms with van der Waals surface area (Å²) in [5.74, 6) is -0.661. The average Bonchev–Trinajstić information content (AvgIpc) is 2.95. The van der Waals surface area contributed by atoms with Crippen LogP contribution in [0.3, 0.4) is 0 Å². The van der Waals surface area contributed by atoms with Gasteiger partial charge in [0.2, 0.25) is 5.91 Å². The summed E-state index contributed by atoms with van der Waals surface area (Å²) >= 11 is 2.26. The SMILES string of the molecule is O=C(CCc1ccc(N2C(=O)C=CC2=O)cc1)NCCCOCCI. The maximum absolute atomic E-state index is 11.8. The molecule has 1 aliphatic rings. The first-order valence-corrected chi connectivity index (χ1v) is 9.70. The zero-order chi connectivity index (χ0) is 18.1. The summed E-state index contributed by atoms with van der Waals surface area (Å²) in [6, 6.07) is 7.11. The van der Waals surface area contributed by atoms with Gasteiger partial charge in [-0.05, 0) is 30.5 Å². The smallest absolute Gasteiger partial charge is 0.258 e. The number of amides is 3. The fourth-order valence-electron chi connectivity index (χ4n) is 2.37. The molecule has 0 unspecified atom stereocenters. The van der Waals surface area contributed by atoms with E-state index in [-0.39, 0.29) is 17.7 Å². The van der Waals surface area contributed by atoms with Crippen molar-refractivity contribution in [1.29, 1.82) is 0 Å². The van der Waals surface area contributed by atoms with Crippen LogP contribution >= 0.6 is 22.6 Å². The number of carbonyl (C=O) groups is 3. The first kappa shape index (κ1) is 19.6. The molecule has 1 N–H and O–H groups in total. The molecule has 25 heavy (non-hydrogen) atoms. The van der Waals surface area contributed by atoms with Crippen molar-refractivity contribution in [1.82, 2.24) is 5.32 Å². The van der Waals surface area contributed by atoms with Gasteiger partial charge in [-0.15, -0.1) is 0 Å². The quantitative estimate of drug-likeness (QED) is 0.253. The van der Waals surface area contributed by atoms with Crippen LogP contribution in [-0.4, -0.2) is 41.9 Å². The summed E-state index contributed by atoms with van der Waals surface area (Å²) < 4.78 is 6.32. The third kappa shape index (κ3) is 6.24. The van der Waals surface area contributed by atoms with E-state index in [0.717, 1.165) is 27.9 Å². The molecule has 1 heterocycles. The molecule has 6 nitrogen and oxygen atoms in total. The highest BCUT2D eigenvalue weighted by Gasteiger charge is 2.24. The molecule has 7 heteroatoms. The van der Waals surface area contributed by atoms with Crippen LogP contribution in [0, 0.1) is 0 Å². The standard InChI is InChI=1S/C18H21IN2O4/c19-10-13-25-12-1-11-20-16(22)7-4-14-2-5-15(6-3-14)21-17(23)8-9-18(21)24/h2-3,5-6,8-9H,1,4,7,10-13H2,(H,20,22). The van der Waals surface area contributed by atoms with Crippen molar-refractivity contribution in [3.63, 3.8) is 0 Å². The third-order valence-corrected chi connectivity index (χ3v) is 4.09. The van der Waals surface area contributed by atoms with Gasteiger partial charge in [0, 0.05) is 36.2 Å². The van der Waals surface area contributed by atoms with Crippen molar-refractivity contribution in [3.05, 3.63) is 42.0 Å². The highest BCUT2D eigenvalue weighted by atomic mass is 127. The van der Waals surface area contributed by atoms with E-state index in [4.69, 9.17) is 4.74 Å². The number of alkyl halides is 1. The van der Waals surface area contributed by atoms with Crippen molar-refractivity contribution >= 4 is 46.0 Å². The molecule has 134 valence electrons. The van der Waals surface area contributed by atoms with Gasteiger partial charge < -0.3 is 10.1 Å². The molecule has 1 aliphatic heterocycles. The molecule has 0 saturated heterocycles. The summed E-state index contributed by atoms with van der Waals surface area (Å²) in [6.07, 6.45) is 4.33. The highest BCUT2D eigenvalue weighted by molar-refractivity contribution is 14.1. The van der Waals surface area contributed by atoms with Crippen LogP contribution in [0.5, 0.6) is 0 Å². The molecule has 2 rings (SSSR count). The molecule has 0 radical (unpaired) electrons. The van der Waals surface area contributed by atoms with Crippen molar-refractivity contribution in [2.75, 3.05) is 29.1 Å². The number of hydrogen-bond donors (Lipinski definition) is 1. The molecule has 1 aromatic rings. The minimum Gasteiger partial charge on any atom is -0.381 e. The van der Waals surface area contributed by atoms with Crippen LogP contribution in [0.4, 0.5) is 5.69 Å². The van der Waals surface area contributed by atoms with Gasteiger partial charge in [-0.3, -0.25) is 14.4 Å². The lowest BCUT2D eigenvalue weighted by molar-refractivity contribution is -0.121. The van der Waals surface area contributed by atoms with E-state index < -0.39 is 0 Å². The molecular weight excluding hydrogens is 435 g/mol. The van der Waals surface area contributed by atoms with Gasteiger partial charge in [-0.2, -0.15) is 0 Å². The van der Waals surface area contributed by atoms with Crippen molar-refractivity contribution < 1.29 is 19.1 Å². The first-order valence-electron chi connectivity index (χ1n) is 8.17. The van der Waals surface area contributed by atoms with Gasteiger partial charge in [0.05, 0.1) is 12.3 Å². The third-order valence-electron chi connectivity index (χ3n) is 3.65. The number of rotatable bonds is 10. The number of carbonyl (C=O) groups excluding carboxylic acids is 3. The Balaban J connectivity index is 1.70. The van der Waals surface area contributed by atoms with E-state index in [1.807, 2.05) is 12.1 Å². The first-order chi connectivity index (χ1) is 12.1. The topological polar surface area (TPSA) is 75.7 Å². The number of imide groups is 1. The van der Waals surface area contributed by atoms with Crippen molar-refractivity contribution in [3.8, 4) is 0 Å². The molecule has 0 saturated carbocycles. The number of hydrogen-bond acceptors (Lipinski definition) is 4. The Morgan fingerprint density at radius 1 is 1.08 bits per heavy atom. The molecule has 0 aromatic heterocycles. The molecule has 0 fully saturated rings. The van der Waals surface area contributed by atoms with Gasteiger partial charge >= 0.3 is 0 Å². The Morgan fingerprint density at radius 3 is 2.40 bits per heavy atom. The number of benzene rings is 1. The van der Waals surface area contributed by atoms with Crippen molar-refractivity contribution in [2.24, 2.45) is 0 Å². The number of halogens is 1. The van der Waals surface area contributed by atoms with Gasteiger partial charge in [-0.1, -0.05) is 34.7 Å². The molecule has 1 aromatic carbocycles. The predicted molar refractivity (Wildman–Crippen MR) is 104 cm³/mol. The van der Waals surface area contributed by atoms with E-state index in [1.165, 1.54) is 12.2 Å². The molecule has 3 amide bonds. The molecule has 0 atom stereocenters. The lowest BCUT2D eigenvalue weighted by Gasteiger charge is -2.14. The minimum atomic E-state index is -0.334. The second-order valence-electron chi connectivity index (χ2n) is 5.52. The van der Waals surface area contributed by atoms with Crippen LogP contribution in [0.2, 0.25) is 0 Å². The largest absolute Gasteiger partial charge is 0.381 e. The van der Waals surface area contributed by atoms with Crippen LogP contribution in [-0.2, 0) is 25.5 Å². The van der Waals surface area contributed by atoms with E-state index >= 15 is 0 Å². The second-order valence-corrected chi connectivity index (χ2v) is 6.60. The van der Waals surface area contributed by atoms with Gasteiger partial charge in [0.15, 0.2) is 0 Å². The minimum absolute atomic E-state index is 0.00654. The highest BCUT2D eigenvalue weighted by Crippen LogP contribution is 2.19. The number of anilines is 1. The lowest BCUT2D eigenvalue weighted by atomic mass is 10.1. The van der Waals surface area contributed by atoms with Crippen LogP contribution in [0.15, 0.2) is 36.4 Å². The second kappa shape index (κ2) is 10.3. The van der Waals surface area contributed by atoms with E-state index in [9.17, 15) is 14.4 Å². The average molecular weight is 456 g/mol. The normalized spacial score (nSPS) is 13.6. The number of ether oxygens (including phenoxy) is 1. The number of nitrogens with zero attached hydrogens (tertiary/aromatic N) is 1. The van der Waals surface area contributed by atoms with Crippen LogP contribution in [0.25, 0.3) is 0 Å². The number of aryl methyl sites for hydroxylation is 1. The lowest BCUT2D eigenvalue weighted by Crippen LogP contribution is -2.29.